The van der Waals surface area contributed by atoms with Crippen molar-refractivity contribution < 1.29 is 19.0 Å². The minimum absolute atomic E-state index is 0.212. The van der Waals surface area contributed by atoms with E-state index < -0.39 is 5.97 Å². The van der Waals surface area contributed by atoms with E-state index in [0.29, 0.717) is 30.2 Å². The van der Waals surface area contributed by atoms with Crippen LogP contribution in [0.3, 0.4) is 0 Å². The second kappa shape index (κ2) is 7.14. The molecule has 0 heterocycles. The third-order valence-electron chi connectivity index (χ3n) is 2.40. The van der Waals surface area contributed by atoms with Gasteiger partial charge in [-0.15, -0.1) is 0 Å². The highest BCUT2D eigenvalue weighted by Gasteiger charge is 2.12. The van der Waals surface area contributed by atoms with Crippen LogP contribution in [0.5, 0.6) is 5.75 Å². The van der Waals surface area contributed by atoms with Crippen molar-refractivity contribution >= 4 is 11.7 Å². The highest BCUT2D eigenvalue weighted by atomic mass is 16.6. The van der Waals surface area contributed by atoms with Crippen molar-refractivity contribution in [3.8, 4) is 5.75 Å². The van der Waals surface area contributed by atoms with Crippen molar-refractivity contribution in [2.24, 2.45) is 0 Å². The lowest BCUT2D eigenvalue weighted by atomic mass is 10.2. The first-order valence-electron chi connectivity index (χ1n) is 6.67. The monoisotopic (exact) mass is 281 g/mol. The SMILES string of the molecule is CCOc1ccc(C(=O)OCCOC(C)(C)C)cc1N. The summed E-state index contributed by atoms with van der Waals surface area (Å²) in [5, 5.41) is 0. The molecular weight excluding hydrogens is 258 g/mol. The molecule has 112 valence electrons. The molecular formula is C15H23NO4. The maximum Gasteiger partial charge on any atom is 0.338 e. The quantitative estimate of drug-likeness (QED) is 0.493. The van der Waals surface area contributed by atoms with Crippen LogP contribution in [0.1, 0.15) is 38.1 Å². The molecule has 0 aliphatic carbocycles. The molecule has 0 aromatic heterocycles. The zero-order valence-electron chi connectivity index (χ0n) is 12.6. The molecule has 0 saturated carbocycles. The molecule has 0 saturated heterocycles. The van der Waals surface area contributed by atoms with Gasteiger partial charge in [0.2, 0.25) is 0 Å². The molecule has 1 rings (SSSR count). The summed E-state index contributed by atoms with van der Waals surface area (Å²) in [5.41, 5.74) is 6.39. The highest BCUT2D eigenvalue weighted by molar-refractivity contribution is 5.91. The molecule has 5 nitrogen and oxygen atoms in total. The van der Waals surface area contributed by atoms with Gasteiger partial charge in [0.05, 0.1) is 30.1 Å². The van der Waals surface area contributed by atoms with Crippen molar-refractivity contribution in [3.05, 3.63) is 23.8 Å². The number of esters is 1. The molecule has 1 aromatic carbocycles. The average Bonchev–Trinajstić information content (AvgIpc) is 2.36. The van der Waals surface area contributed by atoms with Gasteiger partial charge in [-0.2, -0.15) is 0 Å². The minimum atomic E-state index is -0.419. The number of nitrogens with two attached hydrogens (primary N) is 1. The van der Waals surface area contributed by atoms with Crippen LogP contribution in [0.4, 0.5) is 5.69 Å². The number of nitrogen functional groups attached to an aromatic ring is 1. The van der Waals surface area contributed by atoms with Crippen LogP contribution < -0.4 is 10.5 Å². The van der Waals surface area contributed by atoms with Gasteiger partial charge in [-0.05, 0) is 45.9 Å². The fourth-order valence-corrected chi connectivity index (χ4v) is 1.53. The number of rotatable bonds is 6. The van der Waals surface area contributed by atoms with Gasteiger partial charge in [-0.3, -0.25) is 0 Å². The summed E-state index contributed by atoms with van der Waals surface area (Å²) in [6, 6.07) is 4.85. The van der Waals surface area contributed by atoms with Gasteiger partial charge in [0.25, 0.3) is 0 Å². The summed E-state index contributed by atoms with van der Waals surface area (Å²) in [5.74, 6) is 0.150. The predicted molar refractivity (Wildman–Crippen MR) is 78.0 cm³/mol. The maximum atomic E-state index is 11.8. The molecule has 1 aromatic rings. The normalized spacial score (nSPS) is 11.2. The molecule has 0 fully saturated rings. The number of ether oxygens (including phenoxy) is 3. The Balaban J connectivity index is 2.49. The Morgan fingerprint density at radius 1 is 1.25 bits per heavy atom. The molecule has 0 radical (unpaired) electrons. The predicted octanol–water partition coefficient (Wildman–Crippen LogP) is 2.64. The first-order chi connectivity index (χ1) is 9.33. The van der Waals surface area contributed by atoms with Crippen LogP contribution >= 0.6 is 0 Å². The van der Waals surface area contributed by atoms with Crippen molar-refractivity contribution in [1.29, 1.82) is 0 Å². The summed E-state index contributed by atoms with van der Waals surface area (Å²) in [7, 11) is 0. The summed E-state index contributed by atoms with van der Waals surface area (Å²) in [4.78, 5) is 11.8. The van der Waals surface area contributed by atoms with E-state index in [4.69, 9.17) is 19.9 Å². The number of carbonyl (C=O) groups excluding carboxylic acids is 1. The summed E-state index contributed by atoms with van der Waals surface area (Å²) in [6.07, 6.45) is 0. The lowest BCUT2D eigenvalue weighted by molar-refractivity contribution is -0.0281. The van der Waals surface area contributed by atoms with Gasteiger partial charge in [-0.25, -0.2) is 4.79 Å². The van der Waals surface area contributed by atoms with E-state index in [1.807, 2.05) is 27.7 Å². The Bertz CT molecular complexity index is 452. The fourth-order valence-electron chi connectivity index (χ4n) is 1.53. The largest absolute Gasteiger partial charge is 0.492 e. The molecule has 0 bridgehead atoms. The van der Waals surface area contributed by atoms with E-state index >= 15 is 0 Å². The Labute approximate surface area is 120 Å². The molecule has 0 aliphatic heterocycles. The molecule has 5 heteroatoms. The highest BCUT2D eigenvalue weighted by Crippen LogP contribution is 2.22. The Hall–Kier alpha value is -1.75. The van der Waals surface area contributed by atoms with Gasteiger partial charge < -0.3 is 19.9 Å². The van der Waals surface area contributed by atoms with Crippen LogP contribution in [-0.2, 0) is 9.47 Å². The smallest absolute Gasteiger partial charge is 0.338 e. The van der Waals surface area contributed by atoms with Crippen LogP contribution in [0, 0.1) is 0 Å². The Kier molecular flexibility index (Phi) is 5.82. The van der Waals surface area contributed by atoms with Crippen molar-refractivity contribution in [1.82, 2.24) is 0 Å². The zero-order chi connectivity index (χ0) is 15.2. The van der Waals surface area contributed by atoms with Crippen molar-refractivity contribution in [2.75, 3.05) is 25.6 Å². The van der Waals surface area contributed by atoms with Gasteiger partial charge in [0.1, 0.15) is 12.4 Å². The average molecular weight is 281 g/mol. The van der Waals surface area contributed by atoms with Gasteiger partial charge in [0, 0.05) is 0 Å². The third kappa shape index (κ3) is 5.48. The molecule has 0 aliphatic rings. The van der Waals surface area contributed by atoms with Crippen LogP contribution in [0.2, 0.25) is 0 Å². The molecule has 20 heavy (non-hydrogen) atoms. The summed E-state index contributed by atoms with van der Waals surface area (Å²) >= 11 is 0. The lowest BCUT2D eigenvalue weighted by Crippen LogP contribution is -2.22. The van der Waals surface area contributed by atoms with Crippen molar-refractivity contribution in [3.63, 3.8) is 0 Å². The Morgan fingerprint density at radius 2 is 1.95 bits per heavy atom. The van der Waals surface area contributed by atoms with E-state index in [9.17, 15) is 4.79 Å². The van der Waals surface area contributed by atoms with E-state index in [0.717, 1.165) is 0 Å². The Morgan fingerprint density at radius 3 is 2.50 bits per heavy atom. The van der Waals surface area contributed by atoms with Crippen LogP contribution in [0.25, 0.3) is 0 Å². The summed E-state index contributed by atoms with van der Waals surface area (Å²) < 4.78 is 15.9. The van der Waals surface area contributed by atoms with E-state index in [1.165, 1.54) is 0 Å². The number of carbonyl (C=O) groups is 1. The minimum Gasteiger partial charge on any atom is -0.492 e. The second-order valence-corrected chi connectivity index (χ2v) is 5.28. The maximum absolute atomic E-state index is 11.8. The molecule has 2 N–H and O–H groups in total. The molecule has 0 unspecified atom stereocenters. The fraction of sp³-hybridized carbons (Fsp3) is 0.533. The van der Waals surface area contributed by atoms with Gasteiger partial charge in [0.15, 0.2) is 0 Å². The number of hydrogen-bond donors (Lipinski definition) is 1. The first-order valence-corrected chi connectivity index (χ1v) is 6.67. The van der Waals surface area contributed by atoms with Crippen LogP contribution in [-0.4, -0.2) is 31.4 Å². The van der Waals surface area contributed by atoms with Gasteiger partial charge >= 0.3 is 5.97 Å². The topological polar surface area (TPSA) is 70.8 Å². The van der Waals surface area contributed by atoms with Crippen LogP contribution in [0.15, 0.2) is 18.2 Å². The first kappa shape index (κ1) is 16.3. The van der Waals surface area contributed by atoms with E-state index in [-0.39, 0.29) is 12.2 Å². The third-order valence-corrected chi connectivity index (χ3v) is 2.40. The second-order valence-electron chi connectivity index (χ2n) is 5.28. The van der Waals surface area contributed by atoms with E-state index in [1.54, 1.807) is 18.2 Å². The molecule has 0 amide bonds. The summed E-state index contributed by atoms with van der Waals surface area (Å²) in [6.45, 7) is 8.81. The standard InChI is InChI=1S/C15H23NO4/c1-5-18-13-7-6-11(10-12(13)16)14(17)19-8-9-20-15(2,3)4/h6-7,10H,5,8-9,16H2,1-4H3. The van der Waals surface area contributed by atoms with Crippen molar-refractivity contribution in [2.45, 2.75) is 33.3 Å². The molecule has 0 spiro atoms. The number of anilines is 1. The molecule has 0 atom stereocenters. The number of benzene rings is 1. The zero-order valence-corrected chi connectivity index (χ0v) is 12.6. The number of hydrogen-bond acceptors (Lipinski definition) is 5. The van der Waals surface area contributed by atoms with E-state index in [2.05, 4.69) is 0 Å². The van der Waals surface area contributed by atoms with Gasteiger partial charge in [-0.1, -0.05) is 0 Å². The lowest BCUT2D eigenvalue weighted by Gasteiger charge is -2.19.